The summed E-state index contributed by atoms with van der Waals surface area (Å²) in [7, 11) is 0. The molecule has 0 saturated heterocycles. The van der Waals surface area contributed by atoms with Crippen molar-refractivity contribution < 1.29 is 34.2 Å². The van der Waals surface area contributed by atoms with Gasteiger partial charge in [-0.3, -0.25) is 24.0 Å². The second kappa shape index (κ2) is 14.3. The molecular formula is C18H33N5O7. The summed E-state index contributed by atoms with van der Waals surface area (Å²) in [5.74, 6) is -4.88. The van der Waals surface area contributed by atoms with E-state index < -0.39 is 66.7 Å². The molecule has 0 rings (SSSR count). The Hall–Kier alpha value is -2.73. The molecule has 12 nitrogen and oxygen atoms in total. The predicted octanol–water partition coefficient (Wildman–Crippen LogP) is -1.87. The van der Waals surface area contributed by atoms with Gasteiger partial charge in [-0.1, -0.05) is 20.3 Å². The lowest BCUT2D eigenvalue weighted by Gasteiger charge is -2.25. The van der Waals surface area contributed by atoms with Crippen LogP contribution in [0.4, 0.5) is 0 Å². The average Bonchev–Trinajstić information content (AvgIpc) is 2.66. The van der Waals surface area contributed by atoms with Gasteiger partial charge in [0.15, 0.2) is 0 Å². The van der Waals surface area contributed by atoms with Gasteiger partial charge < -0.3 is 37.6 Å². The molecule has 0 aromatic carbocycles. The second-order valence-electron chi connectivity index (χ2n) is 7.23. The fourth-order valence-corrected chi connectivity index (χ4v) is 2.52. The summed E-state index contributed by atoms with van der Waals surface area (Å²) in [6, 6.07) is -3.18. The van der Waals surface area contributed by atoms with E-state index >= 15 is 0 Å². The van der Waals surface area contributed by atoms with Crippen LogP contribution in [-0.4, -0.2) is 71.1 Å². The van der Waals surface area contributed by atoms with Gasteiger partial charge in [0.25, 0.3) is 0 Å². The van der Waals surface area contributed by atoms with Crippen LogP contribution < -0.4 is 27.4 Å². The molecule has 3 atom stereocenters. The molecule has 9 N–H and O–H groups in total. The molecule has 0 aliphatic carbocycles. The number of hydrogen-bond acceptors (Lipinski definition) is 7. The molecule has 0 aromatic rings. The number of rotatable bonds is 15. The highest BCUT2D eigenvalue weighted by Gasteiger charge is 2.30. The first-order valence-electron chi connectivity index (χ1n) is 9.77. The topological polar surface area (TPSA) is 214 Å². The third-order valence-corrected chi connectivity index (χ3v) is 4.25. The van der Waals surface area contributed by atoms with Crippen LogP contribution in [0.1, 0.15) is 46.0 Å². The first-order valence-corrected chi connectivity index (χ1v) is 9.77. The molecule has 0 aromatic heterocycles. The van der Waals surface area contributed by atoms with Crippen LogP contribution in [0.25, 0.3) is 0 Å². The molecule has 3 unspecified atom stereocenters. The van der Waals surface area contributed by atoms with E-state index in [1.54, 1.807) is 13.8 Å². The Morgan fingerprint density at radius 1 is 0.867 bits per heavy atom. The zero-order valence-electron chi connectivity index (χ0n) is 17.3. The number of nitrogens with one attached hydrogen (secondary N) is 3. The Balaban J connectivity index is 5.16. The van der Waals surface area contributed by atoms with Crippen molar-refractivity contribution in [1.29, 1.82) is 0 Å². The Labute approximate surface area is 175 Å². The van der Waals surface area contributed by atoms with Gasteiger partial charge in [0, 0.05) is 6.42 Å². The van der Waals surface area contributed by atoms with Crippen molar-refractivity contribution in [3.8, 4) is 0 Å². The molecule has 172 valence electrons. The minimum atomic E-state index is -1.24. The van der Waals surface area contributed by atoms with Crippen molar-refractivity contribution in [2.75, 3.05) is 13.1 Å². The minimum absolute atomic E-state index is 0.204. The minimum Gasteiger partial charge on any atom is -0.481 e. The maximum absolute atomic E-state index is 12.7. The Morgan fingerprint density at radius 2 is 1.50 bits per heavy atom. The third kappa shape index (κ3) is 11.3. The van der Waals surface area contributed by atoms with E-state index in [1.165, 1.54) is 0 Å². The first kappa shape index (κ1) is 27.3. The van der Waals surface area contributed by atoms with Gasteiger partial charge in [0.1, 0.15) is 18.6 Å². The first-order chi connectivity index (χ1) is 14.0. The van der Waals surface area contributed by atoms with Crippen LogP contribution in [0.5, 0.6) is 0 Å². The molecule has 0 heterocycles. The van der Waals surface area contributed by atoms with Crippen LogP contribution in [-0.2, 0) is 24.0 Å². The molecular weight excluding hydrogens is 398 g/mol. The molecule has 0 aliphatic rings. The Morgan fingerprint density at radius 3 is 2.00 bits per heavy atom. The molecule has 0 bridgehead atoms. The highest BCUT2D eigenvalue weighted by molar-refractivity contribution is 5.94. The molecule has 0 fully saturated rings. The standard InChI is InChI=1S/C18H33N5O7/c1-10(2)15(18(30)21-9-14(26)27)23-17(29)12(6-7-13(24)25)22-16(28)11(20)5-3-4-8-19/h10-12,15H,3-9,19-20H2,1-2H3,(H,21,30)(H,22,28)(H,23,29)(H,24,25)(H,26,27). The van der Waals surface area contributed by atoms with Crippen molar-refractivity contribution >= 4 is 29.7 Å². The molecule has 0 radical (unpaired) electrons. The summed E-state index contributed by atoms with van der Waals surface area (Å²) >= 11 is 0. The average molecular weight is 431 g/mol. The van der Waals surface area contributed by atoms with E-state index in [2.05, 4.69) is 16.0 Å². The SMILES string of the molecule is CC(C)C(NC(=O)C(CCC(=O)O)NC(=O)C(N)CCCCN)C(=O)NCC(=O)O. The largest absolute Gasteiger partial charge is 0.481 e. The fraction of sp³-hybridized carbons (Fsp3) is 0.722. The van der Waals surface area contributed by atoms with E-state index in [0.29, 0.717) is 25.8 Å². The predicted molar refractivity (Wildman–Crippen MR) is 107 cm³/mol. The number of carbonyl (C=O) groups is 5. The van der Waals surface area contributed by atoms with Crippen LogP contribution in [0.3, 0.4) is 0 Å². The zero-order chi connectivity index (χ0) is 23.3. The summed E-state index contributed by atoms with van der Waals surface area (Å²) in [4.78, 5) is 58.7. The van der Waals surface area contributed by atoms with Crippen LogP contribution in [0.2, 0.25) is 0 Å². The van der Waals surface area contributed by atoms with E-state index in [-0.39, 0.29) is 6.42 Å². The fourth-order valence-electron chi connectivity index (χ4n) is 2.52. The van der Waals surface area contributed by atoms with Gasteiger partial charge in [0.2, 0.25) is 17.7 Å². The smallest absolute Gasteiger partial charge is 0.322 e. The van der Waals surface area contributed by atoms with Crippen molar-refractivity contribution in [2.45, 2.75) is 64.1 Å². The number of carboxylic acid groups (broad SMARTS) is 2. The Kier molecular flexibility index (Phi) is 13.0. The number of nitrogens with two attached hydrogens (primary N) is 2. The number of aliphatic carboxylic acids is 2. The number of hydrogen-bond donors (Lipinski definition) is 7. The lowest BCUT2D eigenvalue weighted by molar-refractivity contribution is -0.139. The summed E-state index contributed by atoms with van der Waals surface area (Å²) < 4.78 is 0. The van der Waals surface area contributed by atoms with Crippen molar-refractivity contribution in [3.05, 3.63) is 0 Å². The van der Waals surface area contributed by atoms with E-state index in [9.17, 15) is 24.0 Å². The molecule has 12 heteroatoms. The van der Waals surface area contributed by atoms with Gasteiger partial charge >= 0.3 is 11.9 Å². The molecule has 3 amide bonds. The van der Waals surface area contributed by atoms with Gasteiger partial charge in [-0.05, 0) is 31.7 Å². The molecule has 0 saturated carbocycles. The number of amides is 3. The highest BCUT2D eigenvalue weighted by Crippen LogP contribution is 2.06. The third-order valence-electron chi connectivity index (χ3n) is 4.25. The highest BCUT2D eigenvalue weighted by atomic mass is 16.4. The van der Waals surface area contributed by atoms with Gasteiger partial charge in [-0.25, -0.2) is 0 Å². The van der Waals surface area contributed by atoms with Crippen molar-refractivity contribution in [3.63, 3.8) is 0 Å². The van der Waals surface area contributed by atoms with Crippen molar-refractivity contribution in [1.82, 2.24) is 16.0 Å². The maximum Gasteiger partial charge on any atom is 0.322 e. The normalized spacial score (nSPS) is 13.8. The maximum atomic E-state index is 12.7. The lowest BCUT2D eigenvalue weighted by atomic mass is 10.0. The summed E-state index contributed by atoms with van der Waals surface area (Å²) in [5.41, 5.74) is 11.2. The van der Waals surface area contributed by atoms with E-state index in [0.717, 1.165) is 0 Å². The van der Waals surface area contributed by atoms with Gasteiger partial charge in [-0.2, -0.15) is 0 Å². The van der Waals surface area contributed by atoms with E-state index in [1.807, 2.05) is 0 Å². The van der Waals surface area contributed by atoms with E-state index in [4.69, 9.17) is 21.7 Å². The second-order valence-corrected chi connectivity index (χ2v) is 7.23. The Bertz CT molecular complexity index is 612. The quantitative estimate of drug-likeness (QED) is 0.144. The zero-order valence-corrected chi connectivity index (χ0v) is 17.3. The summed E-state index contributed by atoms with van der Waals surface area (Å²) in [5, 5.41) is 24.7. The molecule has 0 spiro atoms. The van der Waals surface area contributed by atoms with Gasteiger partial charge in [-0.15, -0.1) is 0 Å². The molecule has 0 aliphatic heterocycles. The number of carbonyl (C=O) groups excluding carboxylic acids is 3. The summed E-state index contributed by atoms with van der Waals surface area (Å²) in [6.07, 6.45) is 1.06. The van der Waals surface area contributed by atoms with Gasteiger partial charge in [0.05, 0.1) is 6.04 Å². The lowest BCUT2D eigenvalue weighted by Crippen LogP contribution is -2.57. The number of carboxylic acids is 2. The van der Waals surface area contributed by atoms with Crippen LogP contribution in [0, 0.1) is 5.92 Å². The van der Waals surface area contributed by atoms with Crippen molar-refractivity contribution in [2.24, 2.45) is 17.4 Å². The monoisotopic (exact) mass is 431 g/mol. The van der Waals surface area contributed by atoms with Crippen LogP contribution in [0.15, 0.2) is 0 Å². The number of unbranched alkanes of at least 4 members (excludes halogenated alkanes) is 1. The van der Waals surface area contributed by atoms with Crippen LogP contribution >= 0.6 is 0 Å². The molecule has 30 heavy (non-hydrogen) atoms. The summed E-state index contributed by atoms with van der Waals surface area (Å²) in [6.45, 7) is 3.13.